The molecule has 3 nitrogen and oxygen atoms in total. The number of aryl methyl sites for hydroxylation is 2. The monoisotopic (exact) mass is 538 g/mol. The van der Waals surface area contributed by atoms with E-state index >= 15 is 0 Å². The van der Waals surface area contributed by atoms with E-state index in [0.29, 0.717) is 0 Å². The summed E-state index contributed by atoms with van der Waals surface area (Å²) in [6.07, 6.45) is 0. The Morgan fingerprint density at radius 2 is 1.26 bits per heavy atom. The van der Waals surface area contributed by atoms with Crippen LogP contribution in [0.4, 0.5) is 17.1 Å². The van der Waals surface area contributed by atoms with E-state index in [0.717, 1.165) is 22.9 Å². The largest absolute Gasteiger partial charge is 0.458 e. The average Bonchev–Trinajstić information content (AvgIpc) is 3.35. The van der Waals surface area contributed by atoms with Crippen molar-refractivity contribution in [3.05, 3.63) is 139 Å². The molecule has 0 aliphatic carbocycles. The fourth-order valence-electron chi connectivity index (χ4n) is 7.37. The molecule has 0 radical (unpaired) electrons. The first-order valence-corrected chi connectivity index (χ1v) is 14.6. The highest BCUT2D eigenvalue weighted by molar-refractivity contribution is 6.99. The van der Waals surface area contributed by atoms with Gasteiger partial charge in [0.15, 0.2) is 0 Å². The van der Waals surface area contributed by atoms with Gasteiger partial charge in [0.25, 0.3) is 6.71 Å². The van der Waals surface area contributed by atoms with Gasteiger partial charge in [0, 0.05) is 39.6 Å². The van der Waals surface area contributed by atoms with Crippen LogP contribution in [0.3, 0.4) is 0 Å². The molecule has 0 saturated carbocycles. The molecular weight excluding hydrogens is 511 g/mol. The highest BCUT2D eigenvalue weighted by Crippen LogP contribution is 2.42. The van der Waals surface area contributed by atoms with Crippen LogP contribution >= 0.6 is 0 Å². The second-order valence-corrected chi connectivity index (χ2v) is 11.5. The number of fused-ring (bicyclic) bond motifs is 7. The van der Waals surface area contributed by atoms with Crippen LogP contribution in [0.2, 0.25) is 0 Å². The summed E-state index contributed by atoms with van der Waals surface area (Å²) in [5.74, 6) is 1.85. The second kappa shape index (κ2) is 8.64. The molecule has 2 aliphatic heterocycles. The summed E-state index contributed by atoms with van der Waals surface area (Å²) in [4.78, 5) is 2.41. The van der Waals surface area contributed by atoms with Gasteiger partial charge in [0.05, 0.1) is 11.0 Å². The molecule has 198 valence electrons. The van der Waals surface area contributed by atoms with Gasteiger partial charge in [0.1, 0.15) is 11.5 Å². The summed E-state index contributed by atoms with van der Waals surface area (Å²) < 4.78 is 9.17. The summed E-state index contributed by atoms with van der Waals surface area (Å²) in [5, 5.41) is 2.52. The number of anilines is 3. The van der Waals surface area contributed by atoms with Gasteiger partial charge in [-0.25, -0.2) is 0 Å². The van der Waals surface area contributed by atoms with Crippen LogP contribution < -0.4 is 26.0 Å². The Labute approximate surface area is 245 Å². The minimum atomic E-state index is 0.0858. The average molecular weight is 538 g/mol. The zero-order valence-electron chi connectivity index (χ0n) is 23.5. The predicted molar refractivity (Wildman–Crippen MR) is 176 cm³/mol. The van der Waals surface area contributed by atoms with Crippen molar-refractivity contribution in [3.8, 4) is 17.2 Å². The van der Waals surface area contributed by atoms with E-state index in [1.54, 1.807) is 0 Å². The maximum atomic E-state index is 6.81. The van der Waals surface area contributed by atoms with Crippen LogP contribution in [-0.2, 0) is 0 Å². The van der Waals surface area contributed by atoms with Crippen molar-refractivity contribution < 1.29 is 4.74 Å². The minimum Gasteiger partial charge on any atom is -0.458 e. The Kier molecular flexibility index (Phi) is 4.83. The second-order valence-electron chi connectivity index (χ2n) is 11.5. The van der Waals surface area contributed by atoms with Gasteiger partial charge in [-0.1, -0.05) is 78.4 Å². The van der Waals surface area contributed by atoms with Crippen molar-refractivity contribution in [2.75, 3.05) is 4.90 Å². The first-order chi connectivity index (χ1) is 20.7. The Balaban J connectivity index is 1.30. The number of benzene rings is 6. The molecule has 7 aromatic rings. The molecule has 0 spiro atoms. The van der Waals surface area contributed by atoms with Gasteiger partial charge in [-0.05, 0) is 84.3 Å². The van der Waals surface area contributed by atoms with Crippen molar-refractivity contribution in [2.24, 2.45) is 0 Å². The maximum Gasteiger partial charge on any atom is 0.256 e. The van der Waals surface area contributed by atoms with Gasteiger partial charge in [-0.2, -0.15) is 0 Å². The highest BCUT2D eigenvalue weighted by Gasteiger charge is 2.42. The van der Waals surface area contributed by atoms with Gasteiger partial charge >= 0.3 is 0 Å². The molecule has 9 rings (SSSR count). The fraction of sp³-hybridized carbons (Fsp3) is 0.0526. The normalized spacial score (nSPS) is 13.1. The third-order valence-corrected chi connectivity index (χ3v) is 8.99. The molecule has 0 N–H and O–H groups in total. The van der Waals surface area contributed by atoms with E-state index in [9.17, 15) is 0 Å². The summed E-state index contributed by atoms with van der Waals surface area (Å²) in [7, 11) is 0. The Hall–Kier alpha value is -5.22. The lowest BCUT2D eigenvalue weighted by molar-refractivity contribution is 0.487. The quantitative estimate of drug-likeness (QED) is 0.209. The molecule has 0 bridgehead atoms. The van der Waals surface area contributed by atoms with Crippen LogP contribution in [0, 0.1) is 13.8 Å². The molecule has 0 atom stereocenters. The van der Waals surface area contributed by atoms with Crippen molar-refractivity contribution in [1.82, 2.24) is 4.57 Å². The molecule has 4 heteroatoms. The van der Waals surface area contributed by atoms with Crippen molar-refractivity contribution in [3.63, 3.8) is 0 Å². The molecular formula is C38H27BN2O. The van der Waals surface area contributed by atoms with Crippen LogP contribution in [-0.4, -0.2) is 11.3 Å². The van der Waals surface area contributed by atoms with Crippen LogP contribution in [0.25, 0.3) is 27.5 Å². The van der Waals surface area contributed by atoms with Gasteiger partial charge in [-0.3, -0.25) is 0 Å². The smallest absolute Gasteiger partial charge is 0.256 e. The zero-order chi connectivity index (χ0) is 27.9. The van der Waals surface area contributed by atoms with E-state index in [-0.39, 0.29) is 6.71 Å². The number of aromatic nitrogens is 1. The first kappa shape index (κ1) is 23.5. The number of ether oxygens (including phenoxy) is 1. The van der Waals surface area contributed by atoms with E-state index in [4.69, 9.17) is 4.74 Å². The van der Waals surface area contributed by atoms with E-state index in [1.165, 1.54) is 60.7 Å². The zero-order valence-corrected chi connectivity index (χ0v) is 23.5. The predicted octanol–water partition coefficient (Wildman–Crippen LogP) is 7.81. The molecule has 0 fully saturated rings. The lowest BCUT2D eigenvalue weighted by Gasteiger charge is -2.41. The maximum absolute atomic E-state index is 6.81. The molecule has 0 saturated heterocycles. The molecule has 2 aliphatic rings. The number of rotatable bonds is 2. The summed E-state index contributed by atoms with van der Waals surface area (Å²) >= 11 is 0. The van der Waals surface area contributed by atoms with Crippen molar-refractivity contribution in [1.29, 1.82) is 0 Å². The minimum absolute atomic E-state index is 0.0858. The lowest BCUT2D eigenvalue weighted by Crippen LogP contribution is -2.60. The highest BCUT2D eigenvalue weighted by atomic mass is 16.5. The molecule has 1 aromatic heterocycles. The van der Waals surface area contributed by atoms with Crippen LogP contribution in [0.5, 0.6) is 11.5 Å². The Morgan fingerprint density at radius 3 is 2.02 bits per heavy atom. The Bertz CT molecular complexity index is 2160. The van der Waals surface area contributed by atoms with Gasteiger partial charge < -0.3 is 14.2 Å². The third-order valence-electron chi connectivity index (χ3n) is 8.99. The van der Waals surface area contributed by atoms with Crippen LogP contribution in [0.1, 0.15) is 11.1 Å². The van der Waals surface area contributed by atoms with Crippen LogP contribution in [0.15, 0.2) is 127 Å². The number of hydrogen-bond acceptors (Lipinski definition) is 2. The summed E-state index contributed by atoms with van der Waals surface area (Å²) in [6, 6.07) is 45.9. The van der Waals surface area contributed by atoms with E-state index in [1.807, 2.05) is 0 Å². The summed E-state index contributed by atoms with van der Waals surface area (Å²) in [6.45, 7) is 4.53. The lowest BCUT2D eigenvalue weighted by atomic mass is 9.33. The number of hydrogen-bond donors (Lipinski definition) is 0. The van der Waals surface area contributed by atoms with Gasteiger partial charge in [-0.15, -0.1) is 0 Å². The van der Waals surface area contributed by atoms with E-state index in [2.05, 4.69) is 151 Å². The molecule has 3 heterocycles. The number of nitrogens with zero attached hydrogens (tertiary/aromatic N) is 2. The Morgan fingerprint density at radius 1 is 0.548 bits per heavy atom. The molecule has 6 aromatic carbocycles. The fourth-order valence-corrected chi connectivity index (χ4v) is 7.37. The van der Waals surface area contributed by atoms with Gasteiger partial charge in [0.2, 0.25) is 0 Å². The van der Waals surface area contributed by atoms with Crippen molar-refractivity contribution >= 4 is 62.0 Å². The molecule has 0 amide bonds. The third kappa shape index (κ3) is 3.18. The summed E-state index contributed by atoms with van der Waals surface area (Å²) in [5.41, 5.74) is 13.4. The SMILES string of the molecule is Cc1cc(C)c2c(c1)N(c1ccccc1)c1cccc3c1B2c1ccc(-n2c4ccccc4c4ccccc42)cc1O3. The topological polar surface area (TPSA) is 17.4 Å². The first-order valence-electron chi connectivity index (χ1n) is 14.6. The standard InChI is InChI=1S/C38H27BN2O/c1-24-21-25(2)37-34(22-24)40(26-11-4-3-5-12-26)33-17-10-18-35-38(33)39(37)30-20-19-27(23-36(30)42-35)41-31-15-8-6-13-28(31)29-14-7-9-16-32(29)41/h3-23H,1-2H3. The van der Waals surface area contributed by atoms with Crippen molar-refractivity contribution in [2.45, 2.75) is 13.8 Å². The number of para-hydroxylation sites is 3. The molecule has 0 unspecified atom stereocenters. The molecule has 42 heavy (non-hydrogen) atoms. The van der Waals surface area contributed by atoms with E-state index < -0.39 is 0 Å².